The molecule has 2 heterocycles. The number of H-pyrrole nitrogens is 1. The lowest BCUT2D eigenvalue weighted by Gasteiger charge is -2.06. The van der Waals surface area contributed by atoms with Crippen molar-refractivity contribution in [2.45, 2.75) is 13.3 Å². The van der Waals surface area contributed by atoms with E-state index in [-0.39, 0.29) is 36.5 Å². The largest absolute Gasteiger partial charge is 0.354 e. The Kier molecular flexibility index (Phi) is 4.99. The zero-order valence-electron chi connectivity index (χ0n) is 13.4. The van der Waals surface area contributed by atoms with Crippen LogP contribution >= 0.6 is 11.6 Å². The van der Waals surface area contributed by atoms with Crippen LogP contribution in [0.5, 0.6) is 0 Å². The summed E-state index contributed by atoms with van der Waals surface area (Å²) in [7, 11) is 0. The summed E-state index contributed by atoms with van der Waals surface area (Å²) in [6.07, 6.45) is 0.0755. The quantitative estimate of drug-likeness (QED) is 0.577. The van der Waals surface area contributed by atoms with Crippen molar-refractivity contribution in [3.8, 4) is 0 Å². The van der Waals surface area contributed by atoms with E-state index in [1.807, 2.05) is 24.3 Å². The SMILES string of the molecule is Cc1noc(Cl)c1CC(=O)NCCNC(=O)c1n[nH]c2ccccc12. The average Bonchev–Trinajstić information content (AvgIpc) is 3.17. The third kappa shape index (κ3) is 3.80. The predicted octanol–water partition coefficient (Wildman–Crippen LogP) is 1.60. The summed E-state index contributed by atoms with van der Waals surface area (Å²) in [6, 6.07) is 7.37. The molecule has 0 aliphatic carbocycles. The van der Waals surface area contributed by atoms with Gasteiger partial charge in [0.2, 0.25) is 11.1 Å². The number of amides is 2. The third-order valence-electron chi connectivity index (χ3n) is 3.69. The minimum atomic E-state index is -0.301. The maximum absolute atomic E-state index is 12.2. The predicted molar refractivity (Wildman–Crippen MR) is 91.4 cm³/mol. The van der Waals surface area contributed by atoms with Crippen molar-refractivity contribution in [2.24, 2.45) is 0 Å². The first-order chi connectivity index (χ1) is 12.1. The normalized spacial score (nSPS) is 10.8. The fourth-order valence-electron chi connectivity index (χ4n) is 2.38. The van der Waals surface area contributed by atoms with Crippen molar-refractivity contribution in [3.63, 3.8) is 0 Å². The van der Waals surface area contributed by atoms with Gasteiger partial charge >= 0.3 is 0 Å². The third-order valence-corrected chi connectivity index (χ3v) is 3.99. The molecule has 2 amide bonds. The molecular weight excluding hydrogens is 346 g/mol. The average molecular weight is 362 g/mol. The number of hydrogen-bond donors (Lipinski definition) is 3. The Hall–Kier alpha value is -2.87. The van der Waals surface area contributed by atoms with Gasteiger partial charge in [0.15, 0.2) is 5.69 Å². The van der Waals surface area contributed by atoms with Gasteiger partial charge in [0.1, 0.15) is 0 Å². The first-order valence-corrected chi connectivity index (χ1v) is 8.02. The summed E-state index contributed by atoms with van der Waals surface area (Å²) in [5.41, 5.74) is 2.26. The fraction of sp³-hybridized carbons (Fsp3) is 0.250. The Bertz CT molecular complexity index is 898. The molecule has 0 unspecified atom stereocenters. The number of hydrogen-bond acceptors (Lipinski definition) is 5. The number of nitrogens with one attached hydrogen (secondary N) is 3. The van der Waals surface area contributed by atoms with Gasteiger partial charge in [0, 0.05) is 24.0 Å². The van der Waals surface area contributed by atoms with Crippen molar-refractivity contribution in [1.82, 2.24) is 26.0 Å². The summed E-state index contributed by atoms with van der Waals surface area (Å²) in [6.45, 7) is 2.28. The van der Waals surface area contributed by atoms with E-state index in [0.717, 1.165) is 10.9 Å². The number of halogens is 1. The monoisotopic (exact) mass is 361 g/mol. The molecule has 8 nitrogen and oxygen atoms in total. The van der Waals surface area contributed by atoms with Crippen LogP contribution in [0.3, 0.4) is 0 Å². The molecule has 9 heteroatoms. The Morgan fingerprint density at radius 1 is 1.24 bits per heavy atom. The number of aromatic nitrogens is 3. The second-order valence-electron chi connectivity index (χ2n) is 5.42. The van der Waals surface area contributed by atoms with E-state index in [4.69, 9.17) is 16.1 Å². The number of aromatic amines is 1. The first kappa shape index (κ1) is 17.0. The van der Waals surface area contributed by atoms with Crippen LogP contribution in [-0.4, -0.2) is 40.3 Å². The van der Waals surface area contributed by atoms with Gasteiger partial charge in [0.25, 0.3) is 5.91 Å². The smallest absolute Gasteiger partial charge is 0.272 e. The van der Waals surface area contributed by atoms with Crippen LogP contribution in [0.15, 0.2) is 28.8 Å². The molecule has 25 heavy (non-hydrogen) atoms. The molecule has 3 N–H and O–H groups in total. The van der Waals surface area contributed by atoms with Gasteiger partial charge < -0.3 is 15.2 Å². The summed E-state index contributed by atoms with van der Waals surface area (Å²) in [4.78, 5) is 24.1. The van der Waals surface area contributed by atoms with Crippen LogP contribution < -0.4 is 10.6 Å². The maximum atomic E-state index is 12.2. The number of fused-ring (bicyclic) bond motifs is 1. The van der Waals surface area contributed by atoms with E-state index in [2.05, 4.69) is 26.0 Å². The molecule has 0 fully saturated rings. The van der Waals surface area contributed by atoms with Gasteiger partial charge in [-0.25, -0.2) is 0 Å². The molecule has 130 valence electrons. The van der Waals surface area contributed by atoms with E-state index < -0.39 is 0 Å². The highest BCUT2D eigenvalue weighted by atomic mass is 35.5. The number of carbonyl (C=O) groups excluding carboxylic acids is 2. The standard InChI is InChI=1S/C16H16ClN5O3/c1-9-11(15(17)25-22-9)8-13(23)18-6-7-19-16(24)14-10-4-2-3-5-12(10)20-21-14/h2-5H,6-8H2,1H3,(H,18,23)(H,19,24)(H,20,21). The fourth-order valence-corrected chi connectivity index (χ4v) is 2.62. The molecule has 0 saturated heterocycles. The van der Waals surface area contributed by atoms with Crippen LogP contribution in [-0.2, 0) is 11.2 Å². The number of carbonyl (C=O) groups is 2. The zero-order chi connectivity index (χ0) is 17.8. The Morgan fingerprint density at radius 2 is 2.00 bits per heavy atom. The molecular formula is C16H16ClN5O3. The zero-order valence-corrected chi connectivity index (χ0v) is 14.2. The highest BCUT2D eigenvalue weighted by molar-refractivity contribution is 6.29. The van der Waals surface area contributed by atoms with Gasteiger partial charge in [-0.2, -0.15) is 5.10 Å². The van der Waals surface area contributed by atoms with Crippen LogP contribution in [0, 0.1) is 6.92 Å². The second-order valence-corrected chi connectivity index (χ2v) is 5.76. The van der Waals surface area contributed by atoms with E-state index in [9.17, 15) is 9.59 Å². The van der Waals surface area contributed by atoms with Crippen LogP contribution in [0.4, 0.5) is 0 Å². The van der Waals surface area contributed by atoms with Gasteiger partial charge in [-0.15, -0.1) is 0 Å². The Morgan fingerprint density at radius 3 is 2.76 bits per heavy atom. The molecule has 3 aromatic rings. The van der Waals surface area contributed by atoms with Crippen molar-refractivity contribution in [3.05, 3.63) is 46.4 Å². The molecule has 0 aliphatic heterocycles. The second kappa shape index (κ2) is 7.35. The molecule has 3 rings (SSSR count). The lowest BCUT2D eigenvalue weighted by Crippen LogP contribution is -2.35. The first-order valence-electron chi connectivity index (χ1n) is 7.65. The topological polar surface area (TPSA) is 113 Å². The van der Waals surface area contributed by atoms with E-state index in [1.165, 1.54) is 0 Å². The summed E-state index contributed by atoms with van der Waals surface area (Å²) in [5, 5.41) is 16.8. The maximum Gasteiger partial charge on any atom is 0.272 e. The number of rotatable bonds is 6. The molecule has 0 bridgehead atoms. The van der Waals surface area contributed by atoms with Gasteiger partial charge in [-0.3, -0.25) is 14.7 Å². The molecule has 0 aliphatic rings. The summed E-state index contributed by atoms with van der Waals surface area (Å²) >= 11 is 5.82. The number of aryl methyl sites for hydroxylation is 1. The van der Waals surface area contributed by atoms with Crippen molar-refractivity contribution < 1.29 is 14.1 Å². The highest BCUT2D eigenvalue weighted by Crippen LogP contribution is 2.19. The molecule has 1 aromatic carbocycles. The lowest BCUT2D eigenvalue weighted by molar-refractivity contribution is -0.120. The van der Waals surface area contributed by atoms with Gasteiger partial charge in [-0.1, -0.05) is 23.4 Å². The molecule has 0 atom stereocenters. The minimum Gasteiger partial charge on any atom is -0.354 e. The molecule has 0 spiro atoms. The molecule has 2 aromatic heterocycles. The Balaban J connectivity index is 1.47. The summed E-state index contributed by atoms with van der Waals surface area (Å²) in [5.74, 6) is -0.530. The van der Waals surface area contributed by atoms with Crippen LogP contribution in [0.1, 0.15) is 21.7 Å². The number of nitrogens with zero attached hydrogens (tertiary/aromatic N) is 2. The van der Waals surface area contributed by atoms with Crippen molar-refractivity contribution in [2.75, 3.05) is 13.1 Å². The van der Waals surface area contributed by atoms with Gasteiger partial charge in [-0.05, 0) is 24.6 Å². The molecule has 0 radical (unpaired) electrons. The van der Waals surface area contributed by atoms with Crippen LogP contribution in [0.2, 0.25) is 5.22 Å². The number of para-hydroxylation sites is 1. The highest BCUT2D eigenvalue weighted by Gasteiger charge is 2.15. The van der Waals surface area contributed by atoms with Crippen molar-refractivity contribution in [1.29, 1.82) is 0 Å². The minimum absolute atomic E-state index is 0.0755. The Labute approximate surface area is 147 Å². The number of benzene rings is 1. The van der Waals surface area contributed by atoms with E-state index in [0.29, 0.717) is 17.0 Å². The molecule has 0 saturated carbocycles. The van der Waals surface area contributed by atoms with E-state index >= 15 is 0 Å². The van der Waals surface area contributed by atoms with Gasteiger partial charge in [0.05, 0.1) is 17.6 Å². The van der Waals surface area contributed by atoms with E-state index in [1.54, 1.807) is 6.92 Å². The summed E-state index contributed by atoms with van der Waals surface area (Å²) < 4.78 is 4.80. The van der Waals surface area contributed by atoms with Crippen LogP contribution in [0.25, 0.3) is 10.9 Å². The lowest BCUT2D eigenvalue weighted by atomic mass is 10.2. The van der Waals surface area contributed by atoms with Crippen molar-refractivity contribution >= 4 is 34.3 Å².